The van der Waals surface area contributed by atoms with Crippen LogP contribution >= 0.6 is 0 Å². The highest BCUT2D eigenvalue weighted by atomic mass is 16.5. The molecule has 1 fully saturated rings. The maximum atomic E-state index is 5.59. The molecule has 5 nitrogen and oxygen atoms in total. The number of piperidine rings is 1. The molecule has 5 heteroatoms. The molecule has 0 saturated carbocycles. The average Bonchev–Trinajstić information content (AvgIpc) is 2.76. The van der Waals surface area contributed by atoms with Gasteiger partial charge >= 0.3 is 0 Å². The van der Waals surface area contributed by atoms with Crippen molar-refractivity contribution >= 4 is 0 Å². The molecule has 3 aromatic rings. The monoisotopic (exact) mass is 402 g/mol. The normalized spacial score (nSPS) is 17.1. The van der Waals surface area contributed by atoms with Crippen molar-refractivity contribution in [3.63, 3.8) is 0 Å². The number of ether oxygens (including phenoxy) is 1. The molecule has 0 radical (unpaired) electrons. The van der Waals surface area contributed by atoms with Crippen molar-refractivity contribution in [2.24, 2.45) is 0 Å². The van der Waals surface area contributed by atoms with Gasteiger partial charge in [-0.2, -0.15) is 0 Å². The SMILES string of the molecule is CCOc1ccc(CN2CCCCC2c2nc(C)ncc2-c2ccncc2C)cc1. The van der Waals surface area contributed by atoms with Crippen molar-refractivity contribution in [1.29, 1.82) is 0 Å². The van der Waals surface area contributed by atoms with Crippen LogP contribution in [0.25, 0.3) is 11.1 Å². The lowest BCUT2D eigenvalue weighted by atomic mass is 9.92. The number of pyridine rings is 1. The minimum Gasteiger partial charge on any atom is -0.494 e. The van der Waals surface area contributed by atoms with Gasteiger partial charge in [0.05, 0.1) is 18.3 Å². The second-order valence-corrected chi connectivity index (χ2v) is 7.97. The molecular formula is C25H30N4O. The number of aryl methyl sites for hydroxylation is 2. The molecule has 0 spiro atoms. The standard InChI is InChI=1S/C25H30N4O/c1-4-30-21-10-8-20(9-11-21)17-29-14-6-5-7-24(29)25-23(16-27-19(3)28-25)22-12-13-26-15-18(22)2/h8-13,15-16,24H,4-7,14,17H2,1-3H3. The van der Waals surface area contributed by atoms with E-state index in [-0.39, 0.29) is 6.04 Å². The highest BCUT2D eigenvalue weighted by molar-refractivity contribution is 5.68. The first kappa shape index (κ1) is 20.5. The number of hydrogen-bond acceptors (Lipinski definition) is 5. The third-order valence-electron chi connectivity index (χ3n) is 5.80. The molecule has 0 amide bonds. The van der Waals surface area contributed by atoms with Crippen LogP contribution in [-0.4, -0.2) is 33.0 Å². The Hall–Kier alpha value is -2.79. The molecular weight excluding hydrogens is 372 g/mol. The molecule has 4 rings (SSSR count). The van der Waals surface area contributed by atoms with Crippen molar-refractivity contribution in [3.05, 3.63) is 71.6 Å². The van der Waals surface area contributed by atoms with Gasteiger partial charge in [0.25, 0.3) is 0 Å². The number of aromatic nitrogens is 3. The maximum absolute atomic E-state index is 5.59. The molecule has 1 aliphatic heterocycles. The van der Waals surface area contributed by atoms with E-state index in [9.17, 15) is 0 Å². The van der Waals surface area contributed by atoms with Gasteiger partial charge in [-0.15, -0.1) is 0 Å². The smallest absolute Gasteiger partial charge is 0.125 e. The minimum absolute atomic E-state index is 0.287. The van der Waals surface area contributed by atoms with E-state index < -0.39 is 0 Å². The fourth-order valence-electron chi connectivity index (χ4n) is 4.31. The first-order valence-corrected chi connectivity index (χ1v) is 10.9. The summed E-state index contributed by atoms with van der Waals surface area (Å²) in [4.78, 5) is 16.3. The van der Waals surface area contributed by atoms with E-state index >= 15 is 0 Å². The van der Waals surface area contributed by atoms with Crippen LogP contribution in [-0.2, 0) is 6.54 Å². The van der Waals surface area contributed by atoms with E-state index in [1.165, 1.54) is 24.0 Å². The zero-order chi connectivity index (χ0) is 20.9. The predicted octanol–water partition coefficient (Wildman–Crippen LogP) is 5.28. The zero-order valence-electron chi connectivity index (χ0n) is 18.1. The van der Waals surface area contributed by atoms with Gasteiger partial charge in [-0.3, -0.25) is 9.88 Å². The quantitative estimate of drug-likeness (QED) is 0.561. The molecule has 1 aromatic carbocycles. The third kappa shape index (κ3) is 4.51. The van der Waals surface area contributed by atoms with Crippen molar-refractivity contribution in [1.82, 2.24) is 19.9 Å². The minimum atomic E-state index is 0.287. The molecule has 0 bridgehead atoms. The largest absolute Gasteiger partial charge is 0.494 e. The molecule has 1 aliphatic rings. The first-order chi connectivity index (χ1) is 14.7. The van der Waals surface area contributed by atoms with E-state index in [1.54, 1.807) is 0 Å². The van der Waals surface area contributed by atoms with E-state index in [0.29, 0.717) is 6.61 Å². The second kappa shape index (κ2) is 9.35. The first-order valence-electron chi connectivity index (χ1n) is 10.9. The Labute approximate surface area is 179 Å². The summed E-state index contributed by atoms with van der Waals surface area (Å²) in [6.07, 6.45) is 9.32. The summed E-state index contributed by atoms with van der Waals surface area (Å²) in [5.41, 5.74) is 5.90. The van der Waals surface area contributed by atoms with Crippen LogP contribution in [0.3, 0.4) is 0 Å². The summed E-state index contributed by atoms with van der Waals surface area (Å²) < 4.78 is 5.59. The highest BCUT2D eigenvalue weighted by Gasteiger charge is 2.28. The van der Waals surface area contributed by atoms with E-state index in [4.69, 9.17) is 9.72 Å². The van der Waals surface area contributed by atoms with Crippen molar-refractivity contribution < 1.29 is 4.74 Å². The topological polar surface area (TPSA) is 51.1 Å². The Morgan fingerprint density at radius 3 is 2.63 bits per heavy atom. The van der Waals surface area contributed by atoms with E-state index in [2.05, 4.69) is 52.1 Å². The number of nitrogens with zero attached hydrogens (tertiary/aromatic N) is 4. The third-order valence-corrected chi connectivity index (χ3v) is 5.80. The number of hydrogen-bond donors (Lipinski definition) is 0. The molecule has 30 heavy (non-hydrogen) atoms. The highest BCUT2D eigenvalue weighted by Crippen LogP contribution is 2.37. The lowest BCUT2D eigenvalue weighted by Gasteiger charge is -2.36. The number of likely N-dealkylation sites (tertiary alicyclic amines) is 1. The molecule has 0 aliphatic carbocycles. The van der Waals surface area contributed by atoms with Crippen LogP contribution in [0.4, 0.5) is 0 Å². The Bertz CT molecular complexity index is 987. The van der Waals surface area contributed by atoms with Gasteiger partial charge in [-0.1, -0.05) is 18.6 Å². The van der Waals surface area contributed by atoms with Crippen molar-refractivity contribution in [2.45, 2.75) is 52.6 Å². The van der Waals surface area contributed by atoms with Crippen molar-refractivity contribution in [2.75, 3.05) is 13.2 Å². The Kier molecular flexibility index (Phi) is 6.38. The molecule has 156 valence electrons. The molecule has 2 aromatic heterocycles. The lowest BCUT2D eigenvalue weighted by Crippen LogP contribution is -2.34. The summed E-state index contributed by atoms with van der Waals surface area (Å²) in [6.45, 7) is 8.78. The van der Waals surface area contributed by atoms with Crippen LogP contribution in [0.1, 0.15) is 54.9 Å². The number of rotatable bonds is 6. The number of benzene rings is 1. The average molecular weight is 403 g/mol. The Morgan fingerprint density at radius 2 is 1.87 bits per heavy atom. The summed E-state index contributed by atoms with van der Waals surface area (Å²) in [5, 5.41) is 0. The molecule has 3 heterocycles. The van der Waals surface area contributed by atoms with Gasteiger partial charge in [0, 0.05) is 30.7 Å². The van der Waals surface area contributed by atoms with Crippen LogP contribution in [0, 0.1) is 13.8 Å². The fraction of sp³-hybridized carbons (Fsp3) is 0.400. The van der Waals surface area contributed by atoms with Gasteiger partial charge in [-0.25, -0.2) is 9.97 Å². The fourth-order valence-corrected chi connectivity index (χ4v) is 4.31. The Balaban J connectivity index is 1.66. The van der Waals surface area contributed by atoms with Crippen LogP contribution in [0.2, 0.25) is 0 Å². The maximum Gasteiger partial charge on any atom is 0.125 e. The van der Waals surface area contributed by atoms with E-state index in [0.717, 1.165) is 47.9 Å². The van der Waals surface area contributed by atoms with Crippen LogP contribution < -0.4 is 4.74 Å². The molecule has 0 N–H and O–H groups in total. The van der Waals surface area contributed by atoms with Gasteiger partial charge in [0.1, 0.15) is 11.6 Å². The van der Waals surface area contributed by atoms with Gasteiger partial charge < -0.3 is 4.74 Å². The van der Waals surface area contributed by atoms with Gasteiger partial charge in [0.2, 0.25) is 0 Å². The summed E-state index contributed by atoms with van der Waals surface area (Å²) >= 11 is 0. The molecule has 1 atom stereocenters. The molecule has 1 saturated heterocycles. The lowest BCUT2D eigenvalue weighted by molar-refractivity contribution is 0.137. The zero-order valence-corrected chi connectivity index (χ0v) is 18.1. The Morgan fingerprint density at radius 1 is 1.03 bits per heavy atom. The van der Waals surface area contributed by atoms with E-state index in [1.807, 2.05) is 32.4 Å². The second-order valence-electron chi connectivity index (χ2n) is 7.97. The van der Waals surface area contributed by atoms with Gasteiger partial charge in [0.15, 0.2) is 0 Å². The van der Waals surface area contributed by atoms with Crippen LogP contribution in [0.5, 0.6) is 5.75 Å². The summed E-state index contributed by atoms with van der Waals surface area (Å²) in [5.74, 6) is 1.75. The predicted molar refractivity (Wildman–Crippen MR) is 119 cm³/mol. The summed E-state index contributed by atoms with van der Waals surface area (Å²) in [7, 11) is 0. The summed E-state index contributed by atoms with van der Waals surface area (Å²) in [6, 6.07) is 10.9. The van der Waals surface area contributed by atoms with Crippen molar-refractivity contribution in [3.8, 4) is 16.9 Å². The van der Waals surface area contributed by atoms with Gasteiger partial charge in [-0.05, 0) is 75.0 Å². The molecule has 1 unspecified atom stereocenters. The van der Waals surface area contributed by atoms with Crippen LogP contribution in [0.15, 0.2) is 48.9 Å².